The highest BCUT2D eigenvalue weighted by atomic mass is 35.5. The predicted octanol–water partition coefficient (Wildman–Crippen LogP) is 3.04. The van der Waals surface area contributed by atoms with Crippen LogP contribution in [0.4, 0.5) is 11.4 Å². The molecule has 2 aliphatic rings. The highest BCUT2D eigenvalue weighted by molar-refractivity contribution is 6.40. The normalized spacial score (nSPS) is 23.2. The number of aromatic nitrogens is 1. The van der Waals surface area contributed by atoms with Crippen LogP contribution in [0.25, 0.3) is 0 Å². The van der Waals surface area contributed by atoms with E-state index in [1.54, 1.807) is 24.3 Å². The summed E-state index contributed by atoms with van der Waals surface area (Å²) >= 11 is 12.5. The van der Waals surface area contributed by atoms with Crippen LogP contribution in [0.15, 0.2) is 36.7 Å². The Morgan fingerprint density at radius 1 is 1.04 bits per heavy atom. The topological polar surface area (TPSA) is 83.1 Å². The molecule has 1 unspecified atom stereocenters. The quantitative estimate of drug-likeness (QED) is 0.748. The first-order valence-electron chi connectivity index (χ1n) is 8.26. The van der Waals surface area contributed by atoms with E-state index >= 15 is 0 Å². The maximum atomic E-state index is 12.4. The monoisotopic (exact) mass is 390 g/mol. The fraction of sp³-hybridized carbons (Fsp3) is 0.278. The van der Waals surface area contributed by atoms with Gasteiger partial charge in [0.05, 0.1) is 15.7 Å². The lowest BCUT2D eigenvalue weighted by Gasteiger charge is -2.13. The molecule has 134 valence electrons. The van der Waals surface area contributed by atoms with E-state index in [0.29, 0.717) is 28.8 Å². The number of fused-ring (bicyclic) bond motifs is 1. The third-order valence-electron chi connectivity index (χ3n) is 4.89. The molecule has 1 aliphatic carbocycles. The smallest absolute Gasteiger partial charge is 0.255 e. The standard InChI is InChI=1S/C18H16Cl2N4O2/c19-13-5-10(23-18(26)15-11-7-22-8-12(11)15)6-14(20)16(13)24-17(25)9-1-3-21-4-2-9/h1-6,11-12,15,22H,7-8H2,(H,23,26)(H,24,25)/t11-,12+,15?. The van der Waals surface area contributed by atoms with Crippen LogP contribution in [0.2, 0.25) is 10.0 Å². The molecule has 6 nitrogen and oxygen atoms in total. The molecule has 1 saturated carbocycles. The molecule has 1 aromatic heterocycles. The SMILES string of the molecule is O=C(Nc1c(Cl)cc(NC(=O)C2[C@H]3CNC[C@@H]23)cc1Cl)c1ccncc1. The second-order valence-corrected chi connectivity index (χ2v) is 7.32. The zero-order valence-corrected chi connectivity index (χ0v) is 15.1. The summed E-state index contributed by atoms with van der Waals surface area (Å²) in [6.45, 7) is 1.79. The van der Waals surface area contributed by atoms with Crippen molar-refractivity contribution in [2.45, 2.75) is 0 Å². The average Bonchev–Trinajstić information content (AvgIpc) is 3.11. The van der Waals surface area contributed by atoms with Crippen LogP contribution in [-0.2, 0) is 4.79 Å². The van der Waals surface area contributed by atoms with Gasteiger partial charge in [-0.15, -0.1) is 0 Å². The Hall–Kier alpha value is -2.15. The molecule has 2 amide bonds. The maximum Gasteiger partial charge on any atom is 0.255 e. The molecule has 4 rings (SSSR count). The second-order valence-electron chi connectivity index (χ2n) is 6.51. The van der Waals surface area contributed by atoms with E-state index in [2.05, 4.69) is 20.9 Å². The Kier molecular flexibility index (Phi) is 4.56. The lowest BCUT2D eigenvalue weighted by molar-refractivity contribution is -0.118. The molecular weight excluding hydrogens is 375 g/mol. The van der Waals surface area contributed by atoms with Crippen molar-refractivity contribution in [2.75, 3.05) is 23.7 Å². The van der Waals surface area contributed by atoms with Gasteiger partial charge in [0.25, 0.3) is 5.91 Å². The summed E-state index contributed by atoms with van der Waals surface area (Å²) in [5, 5.41) is 9.34. The van der Waals surface area contributed by atoms with E-state index in [1.807, 2.05) is 0 Å². The van der Waals surface area contributed by atoms with Gasteiger partial charge in [0.2, 0.25) is 5.91 Å². The number of carbonyl (C=O) groups is 2. The number of rotatable bonds is 4. The van der Waals surface area contributed by atoms with Crippen molar-refractivity contribution in [3.8, 4) is 0 Å². The van der Waals surface area contributed by atoms with E-state index in [9.17, 15) is 9.59 Å². The number of pyridine rings is 1. The number of amides is 2. The van der Waals surface area contributed by atoms with Crippen LogP contribution in [0.3, 0.4) is 0 Å². The predicted molar refractivity (Wildman–Crippen MR) is 101 cm³/mol. The minimum absolute atomic E-state index is 0.0118. The number of piperidine rings is 1. The molecule has 3 N–H and O–H groups in total. The number of benzene rings is 1. The minimum Gasteiger partial charge on any atom is -0.326 e. The fourth-order valence-corrected chi connectivity index (χ4v) is 4.07. The second kappa shape index (κ2) is 6.87. The average molecular weight is 391 g/mol. The van der Waals surface area contributed by atoms with E-state index in [-0.39, 0.29) is 27.8 Å². The molecule has 0 spiro atoms. The maximum absolute atomic E-state index is 12.4. The van der Waals surface area contributed by atoms with E-state index in [0.717, 1.165) is 13.1 Å². The molecule has 2 aromatic rings. The Labute approximate surface area is 160 Å². The summed E-state index contributed by atoms with van der Waals surface area (Å²) in [5.74, 6) is 0.563. The van der Waals surface area contributed by atoms with E-state index in [4.69, 9.17) is 23.2 Å². The molecule has 2 heterocycles. The Balaban J connectivity index is 1.46. The van der Waals surface area contributed by atoms with Gasteiger partial charge in [-0.05, 0) is 49.2 Å². The van der Waals surface area contributed by atoms with Gasteiger partial charge in [-0.1, -0.05) is 23.2 Å². The number of hydrogen-bond donors (Lipinski definition) is 3. The Bertz CT molecular complexity index is 842. The number of anilines is 2. The van der Waals surface area contributed by atoms with Gasteiger partial charge in [0.1, 0.15) is 0 Å². The van der Waals surface area contributed by atoms with Crippen molar-refractivity contribution < 1.29 is 9.59 Å². The number of nitrogens with one attached hydrogen (secondary N) is 3. The van der Waals surface area contributed by atoms with Crippen molar-refractivity contribution in [3.63, 3.8) is 0 Å². The molecule has 0 bridgehead atoms. The van der Waals surface area contributed by atoms with Gasteiger partial charge in [-0.3, -0.25) is 14.6 Å². The lowest BCUT2D eigenvalue weighted by atomic mass is 10.2. The van der Waals surface area contributed by atoms with Crippen molar-refractivity contribution in [1.29, 1.82) is 0 Å². The van der Waals surface area contributed by atoms with Crippen LogP contribution in [0, 0.1) is 17.8 Å². The zero-order valence-electron chi connectivity index (χ0n) is 13.6. The Morgan fingerprint density at radius 2 is 1.65 bits per heavy atom. The first kappa shape index (κ1) is 17.3. The first-order valence-corrected chi connectivity index (χ1v) is 9.02. The van der Waals surface area contributed by atoms with Crippen LogP contribution in [-0.4, -0.2) is 29.9 Å². The molecule has 0 radical (unpaired) electrons. The summed E-state index contributed by atoms with van der Waals surface area (Å²) < 4.78 is 0. The van der Waals surface area contributed by atoms with Crippen LogP contribution < -0.4 is 16.0 Å². The molecule has 1 saturated heterocycles. The lowest BCUT2D eigenvalue weighted by Crippen LogP contribution is -2.23. The first-order chi connectivity index (χ1) is 12.5. The third-order valence-corrected chi connectivity index (χ3v) is 5.48. The van der Waals surface area contributed by atoms with Crippen molar-refractivity contribution in [1.82, 2.24) is 10.3 Å². The van der Waals surface area contributed by atoms with Crippen LogP contribution >= 0.6 is 23.2 Å². The molecule has 3 atom stereocenters. The summed E-state index contributed by atoms with van der Waals surface area (Å²) in [7, 11) is 0. The minimum atomic E-state index is -0.341. The van der Waals surface area contributed by atoms with E-state index < -0.39 is 0 Å². The highest BCUT2D eigenvalue weighted by Gasteiger charge is 2.56. The summed E-state index contributed by atoms with van der Waals surface area (Å²) in [6, 6.07) is 6.36. The highest BCUT2D eigenvalue weighted by Crippen LogP contribution is 2.49. The summed E-state index contributed by atoms with van der Waals surface area (Å²) in [6.07, 6.45) is 3.05. The number of hydrogen-bond acceptors (Lipinski definition) is 4. The number of halogens is 2. The Morgan fingerprint density at radius 3 is 2.27 bits per heavy atom. The summed E-state index contributed by atoms with van der Waals surface area (Å²) in [4.78, 5) is 28.5. The molecule has 2 fully saturated rings. The number of nitrogens with zero attached hydrogens (tertiary/aromatic N) is 1. The van der Waals surface area contributed by atoms with Crippen molar-refractivity contribution in [3.05, 3.63) is 52.3 Å². The fourth-order valence-electron chi connectivity index (χ4n) is 3.49. The van der Waals surface area contributed by atoms with Crippen LogP contribution in [0.1, 0.15) is 10.4 Å². The van der Waals surface area contributed by atoms with Crippen molar-refractivity contribution in [2.24, 2.45) is 17.8 Å². The van der Waals surface area contributed by atoms with Gasteiger partial charge < -0.3 is 16.0 Å². The zero-order chi connectivity index (χ0) is 18.3. The summed E-state index contributed by atoms with van der Waals surface area (Å²) in [5.41, 5.74) is 1.27. The molecule has 26 heavy (non-hydrogen) atoms. The molecule has 1 aromatic carbocycles. The number of carbonyl (C=O) groups excluding carboxylic acids is 2. The van der Waals surface area contributed by atoms with Crippen LogP contribution in [0.5, 0.6) is 0 Å². The van der Waals surface area contributed by atoms with Gasteiger partial charge in [-0.25, -0.2) is 0 Å². The van der Waals surface area contributed by atoms with Gasteiger partial charge in [0.15, 0.2) is 0 Å². The van der Waals surface area contributed by atoms with Gasteiger partial charge in [-0.2, -0.15) is 0 Å². The van der Waals surface area contributed by atoms with Gasteiger partial charge >= 0.3 is 0 Å². The molecule has 1 aliphatic heterocycles. The van der Waals surface area contributed by atoms with Crippen molar-refractivity contribution >= 4 is 46.4 Å². The molecule has 8 heteroatoms. The molecular formula is C18H16Cl2N4O2. The third kappa shape index (κ3) is 3.28. The van der Waals surface area contributed by atoms with Gasteiger partial charge in [0, 0.05) is 29.6 Å². The van der Waals surface area contributed by atoms with E-state index in [1.165, 1.54) is 12.4 Å². The largest absolute Gasteiger partial charge is 0.326 e.